The first kappa shape index (κ1) is 29.6. The van der Waals surface area contributed by atoms with Crippen molar-refractivity contribution >= 4 is 28.4 Å². The van der Waals surface area contributed by atoms with Crippen molar-refractivity contribution in [2.75, 3.05) is 16.4 Å². The minimum absolute atomic E-state index is 0.129. The summed E-state index contributed by atoms with van der Waals surface area (Å²) >= 11 is 0. The molecule has 0 atom stereocenters. The summed E-state index contributed by atoms with van der Waals surface area (Å²) in [4.78, 5) is 2.25. The third kappa shape index (κ3) is 5.99. The van der Waals surface area contributed by atoms with E-state index in [2.05, 4.69) is 169 Å². The number of nitrogens with two attached hydrogens (primary N) is 2. The van der Waals surface area contributed by atoms with Crippen LogP contribution in [-0.2, 0) is 0 Å². The second-order valence-corrected chi connectivity index (χ2v) is 11.7. The van der Waals surface area contributed by atoms with Gasteiger partial charge < -0.3 is 16.4 Å². The Morgan fingerprint density at radius 1 is 0.362 bits per heavy atom. The molecular weight excluding hydrogens is 571 g/mol. The Kier molecular flexibility index (Phi) is 8.52. The largest absolute Gasteiger partial charge is 0.398 e. The van der Waals surface area contributed by atoms with Gasteiger partial charge in [0.1, 0.15) is 0 Å². The van der Waals surface area contributed by atoms with Crippen LogP contribution in [0.15, 0.2) is 188 Å². The van der Waals surface area contributed by atoms with Gasteiger partial charge in [-0.25, -0.2) is 0 Å². The van der Waals surface area contributed by atoms with Crippen molar-refractivity contribution in [3.05, 3.63) is 221 Å². The summed E-state index contributed by atoms with van der Waals surface area (Å²) in [6.45, 7) is 0. The fourth-order valence-corrected chi connectivity index (χ4v) is 6.72. The fraction of sp³-hybridized carbons (Fsp3) is 0.0455. The van der Waals surface area contributed by atoms with Gasteiger partial charge in [-0.05, 0) is 58.1 Å². The first-order valence-corrected chi connectivity index (χ1v) is 16.0. The second-order valence-electron chi connectivity index (χ2n) is 11.7. The quantitative estimate of drug-likeness (QED) is 0.127. The maximum atomic E-state index is 7.48. The van der Waals surface area contributed by atoms with E-state index in [-0.39, 0.29) is 11.8 Å². The lowest BCUT2D eigenvalue weighted by Crippen LogP contribution is -2.19. The predicted molar refractivity (Wildman–Crippen MR) is 198 cm³/mol. The van der Waals surface area contributed by atoms with E-state index in [1.807, 2.05) is 24.3 Å². The van der Waals surface area contributed by atoms with Crippen LogP contribution >= 0.6 is 0 Å². The molecule has 7 aromatic carbocycles. The molecule has 0 aromatic heterocycles. The molecule has 0 fully saturated rings. The first-order chi connectivity index (χ1) is 23.2. The van der Waals surface area contributed by atoms with Crippen molar-refractivity contribution in [3.63, 3.8) is 0 Å². The van der Waals surface area contributed by atoms with Crippen LogP contribution in [0.2, 0.25) is 0 Å². The number of benzene rings is 7. The molecule has 0 spiro atoms. The van der Waals surface area contributed by atoms with Crippen LogP contribution in [0.5, 0.6) is 0 Å². The lowest BCUT2D eigenvalue weighted by molar-refractivity contribution is 0.947. The van der Waals surface area contributed by atoms with Gasteiger partial charge in [0.05, 0.1) is 11.4 Å². The highest BCUT2D eigenvalue weighted by Crippen LogP contribution is 2.50. The molecule has 0 amide bonds. The lowest BCUT2D eigenvalue weighted by atomic mass is 9.78. The standard InChI is InChI=1S/C44H37N3/c45-43-38(40(32-19-7-1-8-20-32)33-21-9-2-10-22-33)31-39(47(36-27-15-5-16-28-36)37-29-17-6-18-30-37)44(46)42(43)41(34-23-11-3-12-24-34)35-25-13-4-14-26-35/h1-31,40-41H,45-46H2. The SMILES string of the molecule is Nc1c(C(c2ccccc2)c2ccccc2)cc(N(c2ccccc2)c2ccccc2)c(N)c1C(c1ccccc1)c1ccccc1. The van der Waals surface area contributed by atoms with Crippen molar-refractivity contribution in [2.45, 2.75) is 11.8 Å². The molecule has 3 nitrogen and oxygen atoms in total. The summed E-state index contributed by atoms with van der Waals surface area (Å²) in [6.07, 6.45) is 0. The zero-order valence-corrected chi connectivity index (χ0v) is 26.2. The topological polar surface area (TPSA) is 55.3 Å². The van der Waals surface area contributed by atoms with E-state index in [1.165, 1.54) is 0 Å². The van der Waals surface area contributed by atoms with E-state index < -0.39 is 0 Å². The zero-order chi connectivity index (χ0) is 32.0. The normalized spacial score (nSPS) is 11.1. The van der Waals surface area contributed by atoms with Crippen molar-refractivity contribution in [3.8, 4) is 0 Å². The molecule has 0 saturated heterocycles. The maximum Gasteiger partial charge on any atom is 0.0699 e. The average Bonchev–Trinajstić information content (AvgIpc) is 3.14. The second kappa shape index (κ2) is 13.5. The van der Waals surface area contributed by atoms with Crippen molar-refractivity contribution in [1.29, 1.82) is 0 Å². The Morgan fingerprint density at radius 3 is 1.04 bits per heavy atom. The molecule has 3 heteroatoms. The number of nitrogen functional groups attached to an aromatic ring is 2. The van der Waals surface area contributed by atoms with Crippen LogP contribution in [0.4, 0.5) is 28.4 Å². The summed E-state index contributed by atoms with van der Waals surface area (Å²) < 4.78 is 0. The van der Waals surface area contributed by atoms with Gasteiger partial charge in [0, 0.05) is 34.5 Å². The zero-order valence-electron chi connectivity index (χ0n) is 26.2. The number of hydrogen-bond donors (Lipinski definition) is 2. The van der Waals surface area contributed by atoms with E-state index in [9.17, 15) is 0 Å². The van der Waals surface area contributed by atoms with Gasteiger partial charge in [-0.1, -0.05) is 158 Å². The van der Waals surface area contributed by atoms with Gasteiger partial charge >= 0.3 is 0 Å². The summed E-state index contributed by atoms with van der Waals surface area (Å²) in [7, 11) is 0. The van der Waals surface area contributed by atoms with E-state index in [0.717, 1.165) is 50.4 Å². The van der Waals surface area contributed by atoms with Crippen LogP contribution in [0.3, 0.4) is 0 Å². The third-order valence-electron chi connectivity index (χ3n) is 8.86. The molecule has 47 heavy (non-hydrogen) atoms. The van der Waals surface area contributed by atoms with Crippen molar-refractivity contribution in [1.82, 2.24) is 0 Å². The Hall–Kier alpha value is -6.06. The molecule has 228 valence electrons. The maximum absolute atomic E-state index is 7.48. The number of anilines is 5. The van der Waals surface area contributed by atoms with Crippen LogP contribution in [0.25, 0.3) is 0 Å². The Labute approximate surface area is 277 Å². The van der Waals surface area contributed by atoms with E-state index in [0.29, 0.717) is 11.4 Å². The van der Waals surface area contributed by atoms with E-state index >= 15 is 0 Å². The highest BCUT2D eigenvalue weighted by molar-refractivity contribution is 5.90. The Bertz CT molecular complexity index is 1800. The average molecular weight is 608 g/mol. The summed E-state index contributed by atoms with van der Waals surface area (Å²) in [5.74, 6) is -0.326. The molecule has 0 aliphatic carbocycles. The molecule has 0 bridgehead atoms. The number of para-hydroxylation sites is 2. The first-order valence-electron chi connectivity index (χ1n) is 16.0. The third-order valence-corrected chi connectivity index (χ3v) is 8.86. The molecule has 0 saturated carbocycles. The van der Waals surface area contributed by atoms with Crippen LogP contribution in [-0.4, -0.2) is 0 Å². The predicted octanol–water partition coefficient (Wildman–Crippen LogP) is 10.7. The number of rotatable bonds is 9. The van der Waals surface area contributed by atoms with Gasteiger partial charge in [0.15, 0.2) is 0 Å². The van der Waals surface area contributed by atoms with E-state index in [4.69, 9.17) is 11.5 Å². The van der Waals surface area contributed by atoms with Crippen molar-refractivity contribution in [2.24, 2.45) is 0 Å². The fourth-order valence-electron chi connectivity index (χ4n) is 6.72. The Morgan fingerprint density at radius 2 is 0.681 bits per heavy atom. The molecular formula is C44H37N3. The van der Waals surface area contributed by atoms with Gasteiger partial charge in [-0.2, -0.15) is 0 Å². The highest BCUT2D eigenvalue weighted by atomic mass is 15.2. The molecule has 7 aromatic rings. The molecule has 0 heterocycles. The van der Waals surface area contributed by atoms with Gasteiger partial charge in [-0.3, -0.25) is 0 Å². The van der Waals surface area contributed by atoms with Gasteiger partial charge in [-0.15, -0.1) is 0 Å². The molecule has 0 aliphatic heterocycles. The molecule has 0 aliphatic rings. The molecule has 7 rings (SSSR count). The van der Waals surface area contributed by atoms with Gasteiger partial charge in [0.2, 0.25) is 0 Å². The number of hydrogen-bond acceptors (Lipinski definition) is 3. The Balaban J connectivity index is 1.60. The molecule has 0 unspecified atom stereocenters. The lowest BCUT2D eigenvalue weighted by Gasteiger charge is -2.33. The summed E-state index contributed by atoms with van der Waals surface area (Å²) in [6, 6.07) is 65.4. The monoisotopic (exact) mass is 607 g/mol. The summed E-state index contributed by atoms with van der Waals surface area (Å²) in [5, 5.41) is 0. The van der Waals surface area contributed by atoms with E-state index in [1.54, 1.807) is 0 Å². The van der Waals surface area contributed by atoms with Crippen LogP contribution in [0.1, 0.15) is 45.2 Å². The highest BCUT2D eigenvalue weighted by Gasteiger charge is 2.31. The molecule has 4 N–H and O–H groups in total. The minimum Gasteiger partial charge on any atom is -0.398 e. The number of nitrogens with zero attached hydrogens (tertiary/aromatic N) is 1. The van der Waals surface area contributed by atoms with Crippen LogP contribution in [0, 0.1) is 0 Å². The van der Waals surface area contributed by atoms with Crippen LogP contribution < -0.4 is 16.4 Å². The summed E-state index contributed by atoms with van der Waals surface area (Å²) in [5.41, 5.74) is 25.7. The molecule has 0 radical (unpaired) electrons. The van der Waals surface area contributed by atoms with Gasteiger partial charge in [0.25, 0.3) is 0 Å². The smallest absolute Gasteiger partial charge is 0.0699 e. The minimum atomic E-state index is -0.198. The van der Waals surface area contributed by atoms with Crippen molar-refractivity contribution < 1.29 is 0 Å².